The van der Waals surface area contributed by atoms with Gasteiger partial charge in [-0.2, -0.15) is 0 Å². The zero-order valence-electron chi connectivity index (χ0n) is 11.6. The Balaban J connectivity index is 1.99. The molecule has 3 rings (SSSR count). The second-order valence-electron chi connectivity index (χ2n) is 4.87. The van der Waals surface area contributed by atoms with Crippen LogP contribution in [-0.4, -0.2) is 9.13 Å². The number of halogens is 1. The SMILES string of the molecule is O=c1c(=O)n(-c2ccccc2)ccn1Cc1ccc(Cl)cc1. The number of nitrogens with zero attached hydrogens (tertiary/aromatic N) is 2. The van der Waals surface area contributed by atoms with Crippen LogP contribution in [0.25, 0.3) is 5.69 Å². The van der Waals surface area contributed by atoms with Gasteiger partial charge in [0.2, 0.25) is 0 Å². The van der Waals surface area contributed by atoms with Crippen LogP contribution in [0.4, 0.5) is 0 Å². The number of aromatic nitrogens is 2. The molecule has 110 valence electrons. The van der Waals surface area contributed by atoms with Crippen molar-refractivity contribution < 1.29 is 0 Å². The predicted octanol–water partition coefficient (Wildman–Crippen LogP) is 2.70. The van der Waals surface area contributed by atoms with Gasteiger partial charge in [0, 0.05) is 23.1 Å². The molecule has 0 saturated carbocycles. The van der Waals surface area contributed by atoms with E-state index in [0.29, 0.717) is 17.3 Å². The Morgan fingerprint density at radius 3 is 2.18 bits per heavy atom. The molecule has 0 N–H and O–H groups in total. The van der Waals surface area contributed by atoms with Crippen LogP contribution in [0, 0.1) is 0 Å². The van der Waals surface area contributed by atoms with Gasteiger partial charge in [0.15, 0.2) is 0 Å². The van der Waals surface area contributed by atoms with E-state index in [-0.39, 0.29) is 0 Å². The summed E-state index contributed by atoms with van der Waals surface area (Å²) >= 11 is 5.84. The highest BCUT2D eigenvalue weighted by molar-refractivity contribution is 6.30. The van der Waals surface area contributed by atoms with Crippen LogP contribution >= 0.6 is 11.6 Å². The number of hydrogen-bond acceptors (Lipinski definition) is 2. The minimum atomic E-state index is -0.567. The number of rotatable bonds is 3. The van der Waals surface area contributed by atoms with Gasteiger partial charge < -0.3 is 4.57 Å². The van der Waals surface area contributed by atoms with Gasteiger partial charge >= 0.3 is 11.1 Å². The van der Waals surface area contributed by atoms with Crippen molar-refractivity contribution in [2.75, 3.05) is 0 Å². The molecule has 1 heterocycles. The zero-order valence-corrected chi connectivity index (χ0v) is 12.4. The Labute approximate surface area is 131 Å². The first-order valence-electron chi connectivity index (χ1n) is 6.77. The predicted molar refractivity (Wildman–Crippen MR) is 86.9 cm³/mol. The number of para-hydroxylation sites is 1. The van der Waals surface area contributed by atoms with Crippen LogP contribution in [0.15, 0.2) is 76.6 Å². The molecule has 0 fully saturated rings. The Kier molecular flexibility index (Phi) is 3.94. The fraction of sp³-hybridized carbons (Fsp3) is 0.0588. The monoisotopic (exact) mass is 312 g/mol. The first-order chi connectivity index (χ1) is 10.6. The molecule has 0 atom stereocenters. The van der Waals surface area contributed by atoms with Crippen LogP contribution in [0.5, 0.6) is 0 Å². The number of hydrogen-bond donors (Lipinski definition) is 0. The van der Waals surface area contributed by atoms with Crippen LogP contribution in [0.2, 0.25) is 5.02 Å². The molecule has 4 nitrogen and oxygen atoms in total. The van der Waals surface area contributed by atoms with Crippen molar-refractivity contribution in [3.63, 3.8) is 0 Å². The van der Waals surface area contributed by atoms with Crippen molar-refractivity contribution in [1.82, 2.24) is 9.13 Å². The quantitative estimate of drug-likeness (QED) is 0.698. The van der Waals surface area contributed by atoms with Gasteiger partial charge in [-0.05, 0) is 29.8 Å². The lowest BCUT2D eigenvalue weighted by atomic mass is 10.2. The van der Waals surface area contributed by atoms with E-state index in [9.17, 15) is 9.59 Å². The minimum Gasteiger partial charge on any atom is -0.305 e. The summed E-state index contributed by atoms with van der Waals surface area (Å²) in [4.78, 5) is 24.5. The average Bonchev–Trinajstić information content (AvgIpc) is 2.55. The van der Waals surface area contributed by atoms with Crippen LogP contribution in [-0.2, 0) is 6.54 Å². The highest BCUT2D eigenvalue weighted by atomic mass is 35.5. The molecule has 0 amide bonds. The van der Waals surface area contributed by atoms with E-state index >= 15 is 0 Å². The molecule has 1 aromatic heterocycles. The molecular weight excluding hydrogens is 300 g/mol. The molecule has 0 aliphatic rings. The lowest BCUT2D eigenvalue weighted by Gasteiger charge is -2.09. The van der Waals surface area contributed by atoms with Crippen molar-refractivity contribution in [1.29, 1.82) is 0 Å². The maximum atomic E-state index is 12.2. The van der Waals surface area contributed by atoms with E-state index in [1.165, 1.54) is 9.13 Å². The second kappa shape index (κ2) is 6.03. The first-order valence-corrected chi connectivity index (χ1v) is 7.15. The topological polar surface area (TPSA) is 44.0 Å². The summed E-state index contributed by atoms with van der Waals surface area (Å²) in [6.07, 6.45) is 3.22. The third-order valence-electron chi connectivity index (χ3n) is 3.36. The van der Waals surface area contributed by atoms with Crippen molar-refractivity contribution in [2.24, 2.45) is 0 Å². The second-order valence-corrected chi connectivity index (χ2v) is 5.30. The van der Waals surface area contributed by atoms with Gasteiger partial charge in [0.05, 0.1) is 6.54 Å². The van der Waals surface area contributed by atoms with Gasteiger partial charge in [0.1, 0.15) is 0 Å². The maximum Gasteiger partial charge on any atom is 0.320 e. The third-order valence-corrected chi connectivity index (χ3v) is 3.61. The molecular formula is C17H13ClN2O2. The van der Waals surface area contributed by atoms with Crippen molar-refractivity contribution in [2.45, 2.75) is 6.54 Å². The lowest BCUT2D eigenvalue weighted by molar-refractivity contribution is 0.718. The molecule has 0 bridgehead atoms. The van der Waals surface area contributed by atoms with E-state index in [0.717, 1.165) is 5.56 Å². The molecule has 0 radical (unpaired) electrons. The molecule has 2 aromatic carbocycles. The average molecular weight is 313 g/mol. The van der Waals surface area contributed by atoms with Crippen molar-refractivity contribution in [3.8, 4) is 5.69 Å². The van der Waals surface area contributed by atoms with E-state index in [1.54, 1.807) is 36.7 Å². The van der Waals surface area contributed by atoms with E-state index in [4.69, 9.17) is 11.6 Å². The van der Waals surface area contributed by atoms with Crippen molar-refractivity contribution >= 4 is 11.6 Å². The number of benzene rings is 2. The van der Waals surface area contributed by atoms with Gasteiger partial charge in [-0.1, -0.05) is 41.9 Å². The molecule has 0 saturated heterocycles. The normalized spacial score (nSPS) is 10.6. The molecule has 0 spiro atoms. The minimum absolute atomic E-state index is 0.334. The molecule has 0 aliphatic heterocycles. The van der Waals surface area contributed by atoms with E-state index in [2.05, 4.69) is 0 Å². The van der Waals surface area contributed by atoms with Crippen LogP contribution < -0.4 is 11.1 Å². The summed E-state index contributed by atoms with van der Waals surface area (Å²) in [5, 5.41) is 0.635. The molecule has 0 aliphatic carbocycles. The van der Waals surface area contributed by atoms with Gasteiger partial charge in [0.25, 0.3) is 0 Å². The first kappa shape index (κ1) is 14.4. The maximum absolute atomic E-state index is 12.2. The molecule has 22 heavy (non-hydrogen) atoms. The molecule has 5 heteroatoms. The van der Waals surface area contributed by atoms with Gasteiger partial charge in [-0.25, -0.2) is 0 Å². The molecule has 0 unspecified atom stereocenters. The summed E-state index contributed by atoms with van der Waals surface area (Å²) in [5.41, 5.74) is 0.454. The molecule has 3 aromatic rings. The Morgan fingerprint density at radius 2 is 1.50 bits per heavy atom. The standard InChI is InChI=1S/C17H13ClN2O2/c18-14-8-6-13(7-9-14)12-19-10-11-20(17(22)16(19)21)15-4-2-1-3-5-15/h1-11H,12H2. The summed E-state index contributed by atoms with van der Waals surface area (Å²) in [7, 11) is 0. The summed E-state index contributed by atoms with van der Waals surface area (Å²) in [6.45, 7) is 0.334. The van der Waals surface area contributed by atoms with Gasteiger partial charge in [-0.3, -0.25) is 14.2 Å². The smallest absolute Gasteiger partial charge is 0.305 e. The summed E-state index contributed by atoms with van der Waals surface area (Å²) in [5.74, 6) is 0. The largest absolute Gasteiger partial charge is 0.320 e. The summed E-state index contributed by atoms with van der Waals surface area (Å²) < 4.78 is 2.74. The van der Waals surface area contributed by atoms with Crippen LogP contribution in [0.1, 0.15) is 5.56 Å². The summed E-state index contributed by atoms with van der Waals surface area (Å²) in [6, 6.07) is 16.2. The van der Waals surface area contributed by atoms with Gasteiger partial charge in [-0.15, -0.1) is 0 Å². The van der Waals surface area contributed by atoms with Crippen LogP contribution in [0.3, 0.4) is 0 Å². The third kappa shape index (κ3) is 2.87. The van der Waals surface area contributed by atoms with E-state index < -0.39 is 11.1 Å². The zero-order chi connectivity index (χ0) is 15.5. The lowest BCUT2D eigenvalue weighted by Crippen LogP contribution is -2.40. The van der Waals surface area contributed by atoms with Crippen molar-refractivity contribution in [3.05, 3.63) is 98.3 Å². The highest BCUT2D eigenvalue weighted by Gasteiger charge is 2.06. The fourth-order valence-corrected chi connectivity index (χ4v) is 2.34. The Morgan fingerprint density at radius 1 is 0.818 bits per heavy atom. The fourth-order valence-electron chi connectivity index (χ4n) is 2.21. The van der Waals surface area contributed by atoms with E-state index in [1.807, 2.05) is 30.3 Å². The highest BCUT2D eigenvalue weighted by Crippen LogP contribution is 2.10. The Hall–Kier alpha value is -2.59. The Bertz CT molecular complexity index is 896.